The molecule has 0 unspecified atom stereocenters. The molecule has 1 fully saturated rings. The molecule has 0 atom stereocenters. The van der Waals surface area contributed by atoms with E-state index in [4.69, 9.17) is 39.9 Å². The van der Waals surface area contributed by atoms with Gasteiger partial charge in [-0.25, -0.2) is 0 Å². The van der Waals surface area contributed by atoms with Crippen LogP contribution in [-0.2, 0) is 6.54 Å². The van der Waals surface area contributed by atoms with E-state index in [9.17, 15) is 0 Å². The minimum atomic E-state index is 0.554. The molecule has 3 nitrogen and oxygen atoms in total. The van der Waals surface area contributed by atoms with Crippen molar-refractivity contribution in [3.63, 3.8) is 0 Å². The van der Waals surface area contributed by atoms with E-state index >= 15 is 0 Å². The van der Waals surface area contributed by atoms with Gasteiger partial charge in [-0.3, -0.25) is 9.91 Å². The first-order chi connectivity index (χ1) is 12.0. The fourth-order valence-electron chi connectivity index (χ4n) is 2.85. The molecule has 1 heterocycles. The summed E-state index contributed by atoms with van der Waals surface area (Å²) in [6.07, 6.45) is 0. The minimum Gasteiger partial charge on any atom is -0.295 e. The molecule has 132 valence electrons. The molecule has 1 aliphatic rings. The maximum Gasteiger partial charge on any atom is 0.0647 e. The molecule has 0 N–H and O–H groups in total. The van der Waals surface area contributed by atoms with E-state index in [0.717, 1.165) is 49.0 Å². The molecule has 0 amide bonds. The van der Waals surface area contributed by atoms with Crippen LogP contribution in [0.15, 0.2) is 47.6 Å². The number of piperazine rings is 1. The van der Waals surface area contributed by atoms with Crippen molar-refractivity contribution < 1.29 is 0 Å². The number of hydrazone groups is 1. The zero-order valence-corrected chi connectivity index (χ0v) is 16.3. The van der Waals surface area contributed by atoms with Crippen LogP contribution in [0, 0.1) is 0 Å². The number of rotatable bonds is 4. The second kappa shape index (κ2) is 8.41. The summed E-state index contributed by atoms with van der Waals surface area (Å²) in [4.78, 5) is 2.40. The van der Waals surface area contributed by atoms with Crippen LogP contribution in [-0.4, -0.2) is 41.8 Å². The van der Waals surface area contributed by atoms with Gasteiger partial charge in [0.05, 0.1) is 15.8 Å². The van der Waals surface area contributed by atoms with Crippen LogP contribution in [0.1, 0.15) is 18.1 Å². The Hall–Kier alpha value is -1.26. The number of benzene rings is 2. The SMILES string of the molecule is CC(=NN1CCN(Cc2ccccc2Cl)CC1)c1ccc(Cl)c(Cl)c1. The van der Waals surface area contributed by atoms with E-state index in [1.54, 1.807) is 6.07 Å². The van der Waals surface area contributed by atoms with Crippen molar-refractivity contribution in [1.29, 1.82) is 0 Å². The summed E-state index contributed by atoms with van der Waals surface area (Å²) < 4.78 is 0. The van der Waals surface area contributed by atoms with E-state index in [2.05, 4.69) is 16.0 Å². The Morgan fingerprint density at radius 1 is 0.920 bits per heavy atom. The Balaban J connectivity index is 1.58. The molecule has 25 heavy (non-hydrogen) atoms. The molecule has 0 bridgehead atoms. The maximum absolute atomic E-state index is 6.25. The predicted octanol–water partition coefficient (Wildman–Crippen LogP) is 5.19. The summed E-state index contributed by atoms with van der Waals surface area (Å²) in [6, 6.07) is 13.6. The second-order valence-corrected chi connectivity index (χ2v) is 7.36. The smallest absolute Gasteiger partial charge is 0.0647 e. The standard InChI is InChI=1S/C19H20Cl3N3/c1-14(15-6-7-18(21)19(22)12-15)23-25-10-8-24(9-11-25)13-16-4-2-3-5-17(16)20/h2-7,12H,8-11,13H2,1H3. The van der Waals surface area contributed by atoms with Gasteiger partial charge in [0.25, 0.3) is 0 Å². The lowest BCUT2D eigenvalue weighted by atomic mass is 10.1. The Kier molecular flexibility index (Phi) is 6.24. The van der Waals surface area contributed by atoms with Crippen LogP contribution in [0.4, 0.5) is 0 Å². The summed E-state index contributed by atoms with van der Waals surface area (Å²) in [5, 5.41) is 8.79. The van der Waals surface area contributed by atoms with Crippen molar-refractivity contribution in [2.24, 2.45) is 5.10 Å². The zero-order valence-electron chi connectivity index (χ0n) is 14.1. The molecular weight excluding hydrogens is 377 g/mol. The molecule has 3 rings (SSSR count). The maximum atomic E-state index is 6.25. The lowest BCUT2D eigenvalue weighted by Gasteiger charge is -2.33. The van der Waals surface area contributed by atoms with Crippen LogP contribution < -0.4 is 0 Å². The molecule has 1 saturated heterocycles. The monoisotopic (exact) mass is 395 g/mol. The summed E-state index contributed by atoms with van der Waals surface area (Å²) in [6.45, 7) is 6.58. The van der Waals surface area contributed by atoms with Crippen LogP contribution in [0.3, 0.4) is 0 Å². The largest absolute Gasteiger partial charge is 0.295 e. The summed E-state index contributed by atoms with van der Waals surface area (Å²) in [5.41, 5.74) is 3.11. The Bertz CT molecular complexity index is 768. The second-order valence-electron chi connectivity index (χ2n) is 6.14. The minimum absolute atomic E-state index is 0.554. The fourth-order valence-corrected chi connectivity index (χ4v) is 3.35. The van der Waals surface area contributed by atoms with Crippen molar-refractivity contribution in [2.75, 3.05) is 26.2 Å². The molecular formula is C19H20Cl3N3. The lowest BCUT2D eigenvalue weighted by molar-refractivity contribution is 0.130. The van der Waals surface area contributed by atoms with Crippen molar-refractivity contribution >= 4 is 40.5 Å². The van der Waals surface area contributed by atoms with Crippen LogP contribution >= 0.6 is 34.8 Å². The van der Waals surface area contributed by atoms with Crippen LogP contribution in [0.2, 0.25) is 15.1 Å². The average molecular weight is 397 g/mol. The van der Waals surface area contributed by atoms with Gasteiger partial charge in [-0.1, -0.05) is 59.1 Å². The van der Waals surface area contributed by atoms with Gasteiger partial charge in [0.1, 0.15) is 0 Å². The highest BCUT2D eigenvalue weighted by Crippen LogP contribution is 2.23. The van der Waals surface area contributed by atoms with Gasteiger partial charge >= 0.3 is 0 Å². The molecule has 0 aromatic heterocycles. The Labute approximate surface area is 163 Å². The molecule has 1 aliphatic heterocycles. The number of nitrogens with zero attached hydrogens (tertiary/aromatic N) is 3. The fraction of sp³-hybridized carbons (Fsp3) is 0.316. The molecule has 2 aromatic carbocycles. The van der Waals surface area contributed by atoms with Gasteiger partial charge in [-0.05, 0) is 36.2 Å². The van der Waals surface area contributed by atoms with Crippen molar-refractivity contribution in [1.82, 2.24) is 9.91 Å². The number of hydrogen-bond acceptors (Lipinski definition) is 3. The highest BCUT2D eigenvalue weighted by Gasteiger charge is 2.17. The normalized spacial score (nSPS) is 16.3. The quantitative estimate of drug-likeness (QED) is 0.662. The lowest BCUT2D eigenvalue weighted by Crippen LogP contribution is -2.43. The van der Waals surface area contributed by atoms with Crippen LogP contribution in [0.5, 0.6) is 0 Å². The first-order valence-corrected chi connectivity index (χ1v) is 9.37. The first-order valence-electron chi connectivity index (χ1n) is 8.24. The molecule has 2 aromatic rings. The van der Waals surface area contributed by atoms with E-state index < -0.39 is 0 Å². The summed E-state index contributed by atoms with van der Waals surface area (Å²) >= 11 is 18.3. The van der Waals surface area contributed by atoms with Gasteiger partial charge in [0, 0.05) is 37.7 Å². The Morgan fingerprint density at radius 3 is 2.32 bits per heavy atom. The van der Waals surface area contributed by atoms with Gasteiger partial charge in [0.15, 0.2) is 0 Å². The zero-order chi connectivity index (χ0) is 17.8. The van der Waals surface area contributed by atoms with Crippen molar-refractivity contribution in [3.8, 4) is 0 Å². The van der Waals surface area contributed by atoms with Gasteiger partial charge in [-0.2, -0.15) is 5.10 Å². The van der Waals surface area contributed by atoms with Crippen LogP contribution in [0.25, 0.3) is 0 Å². The first kappa shape index (κ1) is 18.5. The predicted molar refractivity (Wildman–Crippen MR) is 107 cm³/mol. The molecule has 0 radical (unpaired) electrons. The average Bonchev–Trinajstić information content (AvgIpc) is 2.61. The van der Waals surface area contributed by atoms with E-state index in [-0.39, 0.29) is 0 Å². The molecule has 0 saturated carbocycles. The van der Waals surface area contributed by atoms with Gasteiger partial charge in [0.2, 0.25) is 0 Å². The third-order valence-electron chi connectivity index (χ3n) is 4.33. The topological polar surface area (TPSA) is 18.8 Å². The summed E-state index contributed by atoms with van der Waals surface area (Å²) in [5.74, 6) is 0. The molecule has 6 heteroatoms. The molecule has 0 spiro atoms. The highest BCUT2D eigenvalue weighted by atomic mass is 35.5. The van der Waals surface area contributed by atoms with E-state index in [1.807, 2.05) is 37.3 Å². The highest BCUT2D eigenvalue weighted by molar-refractivity contribution is 6.42. The Morgan fingerprint density at radius 2 is 1.64 bits per heavy atom. The molecule has 0 aliphatic carbocycles. The van der Waals surface area contributed by atoms with Gasteiger partial charge in [-0.15, -0.1) is 0 Å². The van der Waals surface area contributed by atoms with E-state index in [0.29, 0.717) is 10.0 Å². The summed E-state index contributed by atoms with van der Waals surface area (Å²) in [7, 11) is 0. The number of hydrogen-bond donors (Lipinski definition) is 0. The van der Waals surface area contributed by atoms with Crippen molar-refractivity contribution in [2.45, 2.75) is 13.5 Å². The van der Waals surface area contributed by atoms with E-state index in [1.165, 1.54) is 5.56 Å². The third-order valence-corrected chi connectivity index (χ3v) is 5.44. The third kappa shape index (κ3) is 4.89. The van der Waals surface area contributed by atoms with Gasteiger partial charge < -0.3 is 0 Å². The number of halogens is 3. The van der Waals surface area contributed by atoms with Crippen molar-refractivity contribution in [3.05, 3.63) is 68.7 Å².